The van der Waals surface area contributed by atoms with Gasteiger partial charge in [0.1, 0.15) is 18.5 Å². The molecule has 1 heterocycles. The molecular formula is C14H18F3NO2. The third-order valence-electron chi connectivity index (χ3n) is 3.29. The molecule has 0 spiro atoms. The van der Waals surface area contributed by atoms with E-state index in [-0.39, 0.29) is 12.6 Å². The molecule has 1 aliphatic heterocycles. The van der Waals surface area contributed by atoms with Crippen molar-refractivity contribution in [2.24, 2.45) is 0 Å². The van der Waals surface area contributed by atoms with Crippen molar-refractivity contribution in [3.05, 3.63) is 29.8 Å². The molecule has 0 radical (unpaired) electrons. The van der Waals surface area contributed by atoms with E-state index in [4.69, 9.17) is 9.47 Å². The zero-order chi connectivity index (χ0) is 14.8. The van der Waals surface area contributed by atoms with E-state index >= 15 is 0 Å². The van der Waals surface area contributed by atoms with E-state index in [1.54, 1.807) is 0 Å². The van der Waals surface area contributed by atoms with E-state index in [1.807, 2.05) is 31.2 Å². The molecule has 0 fully saturated rings. The summed E-state index contributed by atoms with van der Waals surface area (Å²) >= 11 is 0. The van der Waals surface area contributed by atoms with Gasteiger partial charge in [0.15, 0.2) is 6.10 Å². The molecule has 1 aliphatic rings. The van der Waals surface area contributed by atoms with Gasteiger partial charge in [-0.15, -0.1) is 0 Å². The van der Waals surface area contributed by atoms with E-state index in [2.05, 4.69) is 5.32 Å². The summed E-state index contributed by atoms with van der Waals surface area (Å²) in [6, 6.07) is 7.03. The van der Waals surface area contributed by atoms with Crippen molar-refractivity contribution in [2.45, 2.75) is 38.3 Å². The molecule has 3 unspecified atom stereocenters. The first kappa shape index (κ1) is 15.1. The van der Waals surface area contributed by atoms with Gasteiger partial charge in [-0.05, 0) is 19.5 Å². The van der Waals surface area contributed by atoms with Gasteiger partial charge < -0.3 is 14.8 Å². The van der Waals surface area contributed by atoms with Crippen LogP contribution >= 0.6 is 0 Å². The highest BCUT2D eigenvalue weighted by atomic mass is 19.4. The number of nitrogens with one attached hydrogen (secondary N) is 1. The molecule has 1 N–H and O–H groups in total. The molecule has 112 valence electrons. The van der Waals surface area contributed by atoms with Crippen LogP contribution in [0, 0.1) is 0 Å². The van der Waals surface area contributed by atoms with Crippen molar-refractivity contribution in [3.8, 4) is 5.75 Å². The molecule has 0 amide bonds. The standard InChI is InChI=1S/C14H18F3NO2/c1-3-18-13-10-6-4-5-7-11(10)19-8-12(13)20-9(2)14(15,16)17/h4-7,9,12-13,18H,3,8H2,1-2H3. The fraction of sp³-hybridized carbons (Fsp3) is 0.571. The molecule has 1 aromatic carbocycles. The molecule has 6 heteroatoms. The number of alkyl halides is 3. The minimum Gasteiger partial charge on any atom is -0.490 e. The molecular weight excluding hydrogens is 271 g/mol. The second kappa shape index (κ2) is 6.01. The maximum Gasteiger partial charge on any atom is 0.414 e. The van der Waals surface area contributed by atoms with Crippen molar-refractivity contribution in [1.29, 1.82) is 0 Å². The highest BCUT2D eigenvalue weighted by Gasteiger charge is 2.41. The van der Waals surface area contributed by atoms with Crippen molar-refractivity contribution >= 4 is 0 Å². The van der Waals surface area contributed by atoms with Gasteiger partial charge in [0.2, 0.25) is 0 Å². The summed E-state index contributed by atoms with van der Waals surface area (Å²) < 4.78 is 48.5. The predicted molar refractivity (Wildman–Crippen MR) is 68.7 cm³/mol. The van der Waals surface area contributed by atoms with Gasteiger partial charge >= 0.3 is 6.18 Å². The van der Waals surface area contributed by atoms with E-state index in [0.29, 0.717) is 12.3 Å². The van der Waals surface area contributed by atoms with Crippen LogP contribution in [0.3, 0.4) is 0 Å². The van der Waals surface area contributed by atoms with Gasteiger partial charge in [0.05, 0.1) is 6.04 Å². The lowest BCUT2D eigenvalue weighted by Crippen LogP contribution is -2.45. The first-order valence-corrected chi connectivity index (χ1v) is 6.60. The lowest BCUT2D eigenvalue weighted by Gasteiger charge is -2.35. The number of halogens is 3. The molecule has 3 nitrogen and oxygen atoms in total. The van der Waals surface area contributed by atoms with Crippen LogP contribution < -0.4 is 10.1 Å². The fourth-order valence-electron chi connectivity index (χ4n) is 2.26. The van der Waals surface area contributed by atoms with Crippen LogP contribution in [0.15, 0.2) is 24.3 Å². The molecule has 0 saturated carbocycles. The topological polar surface area (TPSA) is 30.5 Å². The van der Waals surface area contributed by atoms with Crippen molar-refractivity contribution in [3.63, 3.8) is 0 Å². The number of ether oxygens (including phenoxy) is 2. The Morgan fingerprint density at radius 3 is 2.75 bits per heavy atom. The summed E-state index contributed by atoms with van der Waals surface area (Å²) in [6.07, 6.45) is -6.85. The summed E-state index contributed by atoms with van der Waals surface area (Å²) in [7, 11) is 0. The van der Waals surface area contributed by atoms with Crippen molar-refractivity contribution < 1.29 is 22.6 Å². The Labute approximate surface area is 116 Å². The summed E-state index contributed by atoms with van der Waals surface area (Å²) in [5, 5.41) is 3.18. The number of hydrogen-bond donors (Lipinski definition) is 1. The summed E-state index contributed by atoms with van der Waals surface area (Å²) in [5.41, 5.74) is 0.833. The Kier molecular flexibility index (Phi) is 4.55. The Morgan fingerprint density at radius 1 is 1.40 bits per heavy atom. The number of hydrogen-bond acceptors (Lipinski definition) is 3. The molecule has 0 bridgehead atoms. The smallest absolute Gasteiger partial charge is 0.414 e. The SMILES string of the molecule is CCNC1c2ccccc2OCC1OC(C)C(F)(F)F. The van der Waals surface area contributed by atoms with Crippen LogP contribution in [0.4, 0.5) is 13.2 Å². The lowest BCUT2D eigenvalue weighted by atomic mass is 9.98. The first-order chi connectivity index (χ1) is 9.43. The highest BCUT2D eigenvalue weighted by Crippen LogP contribution is 2.35. The maximum absolute atomic E-state index is 12.6. The highest BCUT2D eigenvalue weighted by molar-refractivity contribution is 5.38. The molecule has 20 heavy (non-hydrogen) atoms. The fourth-order valence-corrected chi connectivity index (χ4v) is 2.26. The van der Waals surface area contributed by atoms with Gasteiger partial charge in [0, 0.05) is 5.56 Å². The Bertz CT molecular complexity index is 450. The minimum absolute atomic E-state index is 0.106. The normalized spacial score (nSPS) is 23.9. The summed E-state index contributed by atoms with van der Waals surface area (Å²) in [5.74, 6) is 0.693. The second-order valence-corrected chi connectivity index (χ2v) is 4.74. The van der Waals surface area contributed by atoms with Crippen LogP contribution in [0.25, 0.3) is 0 Å². The third kappa shape index (κ3) is 3.24. The van der Waals surface area contributed by atoms with E-state index in [0.717, 1.165) is 12.5 Å². The molecule has 0 aromatic heterocycles. The van der Waals surface area contributed by atoms with Crippen LogP contribution in [0.1, 0.15) is 25.5 Å². The van der Waals surface area contributed by atoms with Gasteiger partial charge in [-0.2, -0.15) is 13.2 Å². The van der Waals surface area contributed by atoms with Crippen LogP contribution in [0.5, 0.6) is 5.75 Å². The van der Waals surface area contributed by atoms with E-state index < -0.39 is 18.4 Å². The van der Waals surface area contributed by atoms with Crippen molar-refractivity contribution in [1.82, 2.24) is 5.32 Å². The molecule has 0 aliphatic carbocycles. The third-order valence-corrected chi connectivity index (χ3v) is 3.29. The predicted octanol–water partition coefficient (Wildman–Crippen LogP) is 3.07. The van der Waals surface area contributed by atoms with Gasteiger partial charge in [-0.25, -0.2) is 0 Å². The monoisotopic (exact) mass is 289 g/mol. The van der Waals surface area contributed by atoms with Crippen LogP contribution in [0.2, 0.25) is 0 Å². The van der Waals surface area contributed by atoms with Crippen LogP contribution in [-0.4, -0.2) is 31.5 Å². The molecule has 0 saturated heterocycles. The minimum atomic E-state index is -4.37. The number of fused-ring (bicyclic) bond motifs is 1. The number of likely N-dealkylation sites (N-methyl/N-ethyl adjacent to an activating group) is 1. The number of para-hydroxylation sites is 1. The summed E-state index contributed by atoms with van der Waals surface area (Å²) in [6.45, 7) is 3.67. The average Bonchev–Trinajstić information content (AvgIpc) is 2.40. The maximum atomic E-state index is 12.6. The molecule has 1 aromatic rings. The Morgan fingerprint density at radius 2 is 2.10 bits per heavy atom. The van der Waals surface area contributed by atoms with Gasteiger partial charge in [0.25, 0.3) is 0 Å². The molecule has 3 atom stereocenters. The zero-order valence-electron chi connectivity index (χ0n) is 11.4. The quantitative estimate of drug-likeness (QED) is 0.924. The first-order valence-electron chi connectivity index (χ1n) is 6.60. The zero-order valence-corrected chi connectivity index (χ0v) is 11.4. The van der Waals surface area contributed by atoms with Crippen molar-refractivity contribution in [2.75, 3.05) is 13.2 Å². The number of benzene rings is 1. The van der Waals surface area contributed by atoms with E-state index in [9.17, 15) is 13.2 Å². The van der Waals surface area contributed by atoms with Crippen LogP contribution in [-0.2, 0) is 4.74 Å². The van der Waals surface area contributed by atoms with Gasteiger partial charge in [-0.1, -0.05) is 25.1 Å². The number of rotatable bonds is 4. The summed E-state index contributed by atoms with van der Waals surface area (Å²) in [4.78, 5) is 0. The average molecular weight is 289 g/mol. The Hall–Kier alpha value is -1.27. The van der Waals surface area contributed by atoms with E-state index in [1.165, 1.54) is 0 Å². The van der Waals surface area contributed by atoms with Gasteiger partial charge in [-0.3, -0.25) is 0 Å². The largest absolute Gasteiger partial charge is 0.490 e. The second-order valence-electron chi connectivity index (χ2n) is 4.74. The Balaban J connectivity index is 2.18. The molecule has 2 rings (SSSR count). The lowest BCUT2D eigenvalue weighted by molar-refractivity contribution is -0.233.